The summed E-state index contributed by atoms with van der Waals surface area (Å²) in [4.78, 5) is 24.7. The Labute approximate surface area is 167 Å². The SMILES string of the molecule is O=C1C[C@H](c2cc(F)ccc2F)c2sc(C(=O)O)c(-c3ccc(Cl)cc3)c2N1. The zero-order valence-electron chi connectivity index (χ0n) is 14.1. The molecule has 0 spiro atoms. The topological polar surface area (TPSA) is 66.4 Å². The number of carbonyl (C=O) groups excluding carboxylic acids is 1. The lowest BCUT2D eigenvalue weighted by atomic mass is 9.88. The molecule has 2 aromatic carbocycles. The first-order chi connectivity index (χ1) is 13.3. The van der Waals surface area contributed by atoms with E-state index in [9.17, 15) is 23.5 Å². The van der Waals surface area contributed by atoms with Gasteiger partial charge in [-0.3, -0.25) is 4.79 Å². The molecular formula is C20H12ClF2NO3S. The third-order valence-electron chi connectivity index (χ3n) is 4.57. The number of benzene rings is 2. The van der Waals surface area contributed by atoms with Gasteiger partial charge in [-0.25, -0.2) is 13.6 Å². The molecule has 2 heterocycles. The van der Waals surface area contributed by atoms with Gasteiger partial charge in [0.25, 0.3) is 0 Å². The van der Waals surface area contributed by atoms with Crippen molar-refractivity contribution < 1.29 is 23.5 Å². The second kappa shape index (κ2) is 7.00. The fourth-order valence-electron chi connectivity index (χ4n) is 3.36. The highest BCUT2D eigenvalue weighted by molar-refractivity contribution is 7.15. The van der Waals surface area contributed by atoms with E-state index in [1.807, 2.05) is 0 Å². The van der Waals surface area contributed by atoms with Crippen molar-refractivity contribution >= 4 is 40.5 Å². The molecule has 142 valence electrons. The molecule has 1 amide bonds. The van der Waals surface area contributed by atoms with Gasteiger partial charge in [0.05, 0.1) is 5.69 Å². The van der Waals surface area contributed by atoms with Crippen LogP contribution in [0.3, 0.4) is 0 Å². The Bertz CT molecular complexity index is 1110. The average Bonchev–Trinajstić information content (AvgIpc) is 3.03. The molecular weight excluding hydrogens is 408 g/mol. The van der Waals surface area contributed by atoms with Gasteiger partial charge in [0.2, 0.25) is 5.91 Å². The zero-order chi connectivity index (χ0) is 20.0. The standard InChI is InChI=1S/C20H12ClF2NO3S/c21-10-3-1-9(2-4-10)16-17-18(28-19(16)20(26)27)13(8-15(25)24-17)12-7-11(22)5-6-14(12)23/h1-7,13H,8H2,(H,24,25)(H,26,27)/t13-/m1/s1. The van der Waals surface area contributed by atoms with E-state index in [4.69, 9.17) is 11.6 Å². The van der Waals surface area contributed by atoms with E-state index in [1.54, 1.807) is 24.3 Å². The van der Waals surface area contributed by atoms with Gasteiger partial charge in [-0.05, 0) is 41.5 Å². The van der Waals surface area contributed by atoms with Crippen LogP contribution in [-0.2, 0) is 4.79 Å². The van der Waals surface area contributed by atoms with Crippen molar-refractivity contribution in [3.8, 4) is 11.1 Å². The molecule has 0 aliphatic carbocycles. The fourth-order valence-corrected chi connectivity index (χ4v) is 4.73. The third-order valence-corrected chi connectivity index (χ3v) is 6.11. The van der Waals surface area contributed by atoms with Crippen molar-refractivity contribution in [1.82, 2.24) is 0 Å². The van der Waals surface area contributed by atoms with E-state index in [1.165, 1.54) is 0 Å². The Morgan fingerprint density at radius 1 is 1.18 bits per heavy atom. The van der Waals surface area contributed by atoms with E-state index in [0.29, 0.717) is 26.7 Å². The van der Waals surface area contributed by atoms with Gasteiger partial charge in [-0.1, -0.05) is 23.7 Å². The number of carboxylic acids is 1. The van der Waals surface area contributed by atoms with E-state index in [0.717, 1.165) is 29.5 Å². The molecule has 0 saturated heterocycles. The summed E-state index contributed by atoms with van der Waals surface area (Å²) >= 11 is 6.87. The highest BCUT2D eigenvalue weighted by Gasteiger charge is 2.35. The Morgan fingerprint density at radius 3 is 2.57 bits per heavy atom. The zero-order valence-corrected chi connectivity index (χ0v) is 15.7. The van der Waals surface area contributed by atoms with E-state index >= 15 is 0 Å². The molecule has 0 bridgehead atoms. The lowest BCUT2D eigenvalue weighted by molar-refractivity contribution is -0.116. The number of aromatic carboxylic acids is 1. The number of thiophene rings is 1. The highest BCUT2D eigenvalue weighted by Crippen LogP contribution is 2.49. The fraction of sp³-hybridized carbons (Fsp3) is 0.100. The maximum absolute atomic E-state index is 14.4. The maximum Gasteiger partial charge on any atom is 0.346 e. The Hall–Kier alpha value is -2.77. The molecule has 28 heavy (non-hydrogen) atoms. The van der Waals surface area contributed by atoms with Gasteiger partial charge in [0.15, 0.2) is 0 Å². The molecule has 3 aromatic rings. The summed E-state index contributed by atoms with van der Waals surface area (Å²) in [5, 5.41) is 12.9. The number of carboxylic acid groups (broad SMARTS) is 1. The minimum atomic E-state index is -1.17. The molecule has 2 N–H and O–H groups in total. The van der Waals surface area contributed by atoms with Gasteiger partial charge in [0.1, 0.15) is 16.5 Å². The first-order valence-electron chi connectivity index (χ1n) is 8.26. The number of carbonyl (C=O) groups is 2. The predicted octanol–water partition coefficient (Wildman–Crippen LogP) is 5.52. The molecule has 4 nitrogen and oxygen atoms in total. The summed E-state index contributed by atoms with van der Waals surface area (Å²) < 4.78 is 28.1. The monoisotopic (exact) mass is 419 g/mol. The Balaban J connectivity index is 1.96. The van der Waals surface area contributed by atoms with Crippen LogP contribution in [0.25, 0.3) is 11.1 Å². The number of anilines is 1. The second-order valence-corrected chi connectivity index (χ2v) is 7.82. The molecule has 0 unspecified atom stereocenters. The molecule has 1 aromatic heterocycles. The van der Waals surface area contributed by atoms with Crippen molar-refractivity contribution in [1.29, 1.82) is 0 Å². The van der Waals surface area contributed by atoms with Crippen LogP contribution in [0.1, 0.15) is 32.5 Å². The largest absolute Gasteiger partial charge is 0.477 e. The average molecular weight is 420 g/mol. The van der Waals surface area contributed by atoms with Crippen LogP contribution in [0, 0.1) is 11.6 Å². The van der Waals surface area contributed by atoms with Crippen LogP contribution < -0.4 is 5.32 Å². The number of rotatable bonds is 3. The van der Waals surface area contributed by atoms with Crippen molar-refractivity contribution in [2.75, 3.05) is 5.32 Å². The van der Waals surface area contributed by atoms with E-state index in [-0.39, 0.29) is 16.9 Å². The summed E-state index contributed by atoms with van der Waals surface area (Å²) in [7, 11) is 0. The van der Waals surface area contributed by atoms with Gasteiger partial charge >= 0.3 is 5.97 Å². The van der Waals surface area contributed by atoms with Crippen molar-refractivity contribution in [2.24, 2.45) is 0 Å². The number of amides is 1. The number of fused-ring (bicyclic) bond motifs is 1. The van der Waals surface area contributed by atoms with Gasteiger partial charge in [-0.15, -0.1) is 11.3 Å². The van der Waals surface area contributed by atoms with Gasteiger partial charge in [-0.2, -0.15) is 0 Å². The molecule has 1 aliphatic rings. The second-order valence-electron chi connectivity index (χ2n) is 6.33. The van der Waals surface area contributed by atoms with Crippen LogP contribution in [0.5, 0.6) is 0 Å². The lowest BCUT2D eigenvalue weighted by Gasteiger charge is -2.24. The summed E-state index contributed by atoms with van der Waals surface area (Å²) in [5.41, 5.74) is 1.23. The number of hydrogen-bond donors (Lipinski definition) is 2. The number of nitrogens with one attached hydrogen (secondary N) is 1. The van der Waals surface area contributed by atoms with E-state index in [2.05, 4.69) is 5.32 Å². The third kappa shape index (κ3) is 3.16. The molecule has 0 saturated carbocycles. The summed E-state index contributed by atoms with van der Waals surface area (Å²) in [6.07, 6.45) is -0.104. The molecule has 0 fully saturated rings. The smallest absolute Gasteiger partial charge is 0.346 e. The normalized spacial score (nSPS) is 15.8. The van der Waals surface area contributed by atoms with Crippen molar-refractivity contribution in [2.45, 2.75) is 12.3 Å². The quantitative estimate of drug-likeness (QED) is 0.587. The van der Waals surface area contributed by atoms with Gasteiger partial charge in [0, 0.05) is 27.8 Å². The summed E-state index contributed by atoms with van der Waals surface area (Å²) in [6, 6.07) is 9.57. The predicted molar refractivity (Wildman–Crippen MR) is 103 cm³/mol. The molecule has 4 rings (SSSR count). The number of halogens is 3. The molecule has 8 heteroatoms. The van der Waals surface area contributed by atoms with Crippen LogP contribution in [0.15, 0.2) is 42.5 Å². The highest BCUT2D eigenvalue weighted by atomic mass is 35.5. The minimum absolute atomic E-state index is 0.0105. The Morgan fingerprint density at radius 2 is 1.89 bits per heavy atom. The van der Waals surface area contributed by atoms with Gasteiger partial charge < -0.3 is 10.4 Å². The molecule has 1 aliphatic heterocycles. The number of hydrogen-bond acceptors (Lipinski definition) is 3. The lowest BCUT2D eigenvalue weighted by Crippen LogP contribution is -2.23. The molecule has 0 radical (unpaired) electrons. The first-order valence-corrected chi connectivity index (χ1v) is 9.45. The summed E-state index contributed by atoms with van der Waals surface area (Å²) in [6.45, 7) is 0. The van der Waals surface area contributed by atoms with Crippen LogP contribution in [0.4, 0.5) is 14.5 Å². The maximum atomic E-state index is 14.4. The van der Waals surface area contributed by atoms with Crippen molar-refractivity contribution in [3.63, 3.8) is 0 Å². The Kier molecular flexibility index (Phi) is 4.64. The van der Waals surface area contributed by atoms with Crippen molar-refractivity contribution in [3.05, 3.63) is 74.4 Å². The van der Waals surface area contributed by atoms with Crippen LogP contribution in [0.2, 0.25) is 5.02 Å². The minimum Gasteiger partial charge on any atom is -0.477 e. The van der Waals surface area contributed by atoms with Crippen LogP contribution >= 0.6 is 22.9 Å². The van der Waals surface area contributed by atoms with Crippen LogP contribution in [-0.4, -0.2) is 17.0 Å². The summed E-state index contributed by atoms with van der Waals surface area (Å²) in [5.74, 6) is -3.62. The first kappa shape index (κ1) is 18.6. The van der Waals surface area contributed by atoms with E-state index < -0.39 is 29.4 Å². The molecule has 1 atom stereocenters.